The van der Waals surface area contributed by atoms with Crippen molar-refractivity contribution in [1.82, 2.24) is 9.29 Å². The molecule has 0 radical (unpaired) electrons. The summed E-state index contributed by atoms with van der Waals surface area (Å²) in [5.41, 5.74) is 2.21. The predicted molar refractivity (Wildman–Crippen MR) is 139 cm³/mol. The Labute approximate surface area is 212 Å². The molecule has 4 rings (SSSR count). The van der Waals surface area contributed by atoms with Crippen LogP contribution in [0.4, 0.5) is 0 Å². The molecule has 4 aromatic rings. The lowest BCUT2D eigenvalue weighted by atomic mass is 10.2. The van der Waals surface area contributed by atoms with Crippen LogP contribution < -0.4 is 19.1 Å². The molecule has 0 fully saturated rings. The minimum Gasteiger partial charge on any atom is -0.490 e. The van der Waals surface area contributed by atoms with E-state index in [1.807, 2.05) is 32.0 Å². The Balaban J connectivity index is 1.55. The largest absolute Gasteiger partial charge is 0.490 e. The maximum absolute atomic E-state index is 13.0. The number of nitrogens with zero attached hydrogens (tertiary/aromatic N) is 1. The summed E-state index contributed by atoms with van der Waals surface area (Å²) >= 11 is 7.26. The van der Waals surface area contributed by atoms with E-state index in [1.54, 1.807) is 34.9 Å². The van der Waals surface area contributed by atoms with Crippen LogP contribution in [0.5, 0.6) is 11.5 Å². The molecule has 0 amide bonds. The Morgan fingerprint density at radius 3 is 2.46 bits per heavy atom. The van der Waals surface area contributed by atoms with Crippen molar-refractivity contribution in [1.29, 1.82) is 0 Å². The van der Waals surface area contributed by atoms with Gasteiger partial charge in [0.1, 0.15) is 0 Å². The smallest absolute Gasteiger partial charge is 0.308 e. The monoisotopic (exact) mass is 532 g/mol. The molecular weight excluding hydrogens is 508 g/mol. The third-order valence-electron chi connectivity index (χ3n) is 5.31. The Morgan fingerprint density at radius 1 is 0.971 bits per heavy atom. The van der Waals surface area contributed by atoms with E-state index in [4.69, 9.17) is 21.1 Å². The number of hydrogen-bond acceptors (Lipinski definition) is 6. The number of aromatic nitrogens is 1. The lowest BCUT2D eigenvalue weighted by molar-refractivity contribution is 0.287. The zero-order valence-corrected chi connectivity index (χ0v) is 21.7. The molecule has 35 heavy (non-hydrogen) atoms. The highest BCUT2D eigenvalue weighted by molar-refractivity contribution is 7.89. The minimum atomic E-state index is -3.81. The number of sulfonamides is 1. The first-order valence-electron chi connectivity index (χ1n) is 11.1. The normalized spacial score (nSPS) is 11.6. The molecule has 1 N–H and O–H groups in total. The summed E-state index contributed by atoms with van der Waals surface area (Å²) < 4.78 is 42.0. The van der Waals surface area contributed by atoms with E-state index in [0.29, 0.717) is 46.5 Å². The van der Waals surface area contributed by atoms with Crippen molar-refractivity contribution in [2.24, 2.45) is 0 Å². The Bertz CT molecular complexity index is 1510. The molecule has 184 valence electrons. The molecule has 1 heterocycles. The number of halogens is 1. The Kier molecular flexibility index (Phi) is 7.81. The maximum atomic E-state index is 13.0. The summed E-state index contributed by atoms with van der Waals surface area (Å²) in [7, 11) is -3.81. The number of thiazole rings is 1. The van der Waals surface area contributed by atoms with Crippen molar-refractivity contribution >= 4 is 43.2 Å². The number of hydrogen-bond donors (Lipinski definition) is 1. The molecule has 0 atom stereocenters. The Morgan fingerprint density at radius 2 is 1.71 bits per heavy atom. The van der Waals surface area contributed by atoms with Gasteiger partial charge in [-0.3, -0.25) is 9.36 Å². The van der Waals surface area contributed by atoms with Crippen molar-refractivity contribution in [3.63, 3.8) is 0 Å². The van der Waals surface area contributed by atoms with Gasteiger partial charge in [0, 0.05) is 11.6 Å². The van der Waals surface area contributed by atoms with Crippen LogP contribution in [0.25, 0.3) is 10.2 Å². The number of fused-ring (bicyclic) bond motifs is 1. The van der Waals surface area contributed by atoms with Crippen LogP contribution in [0.2, 0.25) is 5.02 Å². The van der Waals surface area contributed by atoms with Gasteiger partial charge in [0.05, 0.1) is 34.9 Å². The van der Waals surface area contributed by atoms with Crippen LogP contribution in [0.3, 0.4) is 0 Å². The lowest BCUT2D eigenvalue weighted by Gasteiger charge is -2.13. The van der Waals surface area contributed by atoms with Crippen LogP contribution in [-0.4, -0.2) is 26.2 Å². The van der Waals surface area contributed by atoms with E-state index < -0.39 is 10.0 Å². The minimum absolute atomic E-state index is 0.0800. The van der Waals surface area contributed by atoms with Crippen LogP contribution in [0.15, 0.2) is 70.4 Å². The highest BCUT2D eigenvalue weighted by Crippen LogP contribution is 2.29. The second-order valence-electron chi connectivity index (χ2n) is 7.65. The number of nitrogens with one attached hydrogen (secondary N) is 1. The fraction of sp³-hybridized carbons (Fsp3) is 0.240. The molecule has 0 aliphatic rings. The number of benzene rings is 3. The van der Waals surface area contributed by atoms with Crippen LogP contribution in [0, 0.1) is 0 Å². The fourth-order valence-electron chi connectivity index (χ4n) is 3.63. The van der Waals surface area contributed by atoms with Crippen molar-refractivity contribution < 1.29 is 17.9 Å². The first-order chi connectivity index (χ1) is 16.8. The van der Waals surface area contributed by atoms with Crippen LogP contribution in [0.1, 0.15) is 25.0 Å². The van der Waals surface area contributed by atoms with Crippen molar-refractivity contribution in [3.05, 3.63) is 86.5 Å². The summed E-state index contributed by atoms with van der Waals surface area (Å²) in [6.07, 6.45) is 0. The second kappa shape index (κ2) is 10.8. The van der Waals surface area contributed by atoms with E-state index >= 15 is 0 Å². The number of rotatable bonds is 10. The van der Waals surface area contributed by atoms with Gasteiger partial charge in [-0.1, -0.05) is 47.2 Å². The first-order valence-corrected chi connectivity index (χ1v) is 13.7. The second-order valence-corrected chi connectivity index (χ2v) is 10.8. The van der Waals surface area contributed by atoms with Gasteiger partial charge in [0.15, 0.2) is 11.5 Å². The maximum Gasteiger partial charge on any atom is 0.308 e. The van der Waals surface area contributed by atoms with E-state index in [1.165, 1.54) is 12.1 Å². The highest BCUT2D eigenvalue weighted by Gasteiger charge is 2.18. The molecule has 0 unspecified atom stereocenters. The summed E-state index contributed by atoms with van der Waals surface area (Å²) in [5.74, 6) is 1.18. The average molecular weight is 533 g/mol. The highest BCUT2D eigenvalue weighted by atomic mass is 35.5. The molecule has 0 bridgehead atoms. The van der Waals surface area contributed by atoms with Crippen LogP contribution in [-0.2, 0) is 23.1 Å². The van der Waals surface area contributed by atoms with Gasteiger partial charge in [-0.05, 0) is 61.4 Å². The first kappa shape index (κ1) is 25.2. The van der Waals surface area contributed by atoms with Crippen molar-refractivity contribution in [2.75, 3.05) is 13.2 Å². The molecule has 3 aromatic carbocycles. The summed E-state index contributed by atoms with van der Waals surface area (Å²) in [4.78, 5) is 12.5. The summed E-state index contributed by atoms with van der Waals surface area (Å²) in [5, 5.41) is 0.573. The third-order valence-corrected chi connectivity index (χ3v) is 8.02. The van der Waals surface area contributed by atoms with Crippen molar-refractivity contribution in [3.8, 4) is 11.5 Å². The lowest BCUT2D eigenvalue weighted by Crippen LogP contribution is -2.23. The number of ether oxygens (including phenoxy) is 2. The summed E-state index contributed by atoms with van der Waals surface area (Å²) in [6.45, 7) is 5.11. The van der Waals surface area contributed by atoms with E-state index in [-0.39, 0.29) is 16.3 Å². The third kappa shape index (κ3) is 5.70. The van der Waals surface area contributed by atoms with Gasteiger partial charge in [0.25, 0.3) is 0 Å². The van der Waals surface area contributed by atoms with Crippen molar-refractivity contribution in [2.45, 2.75) is 31.8 Å². The average Bonchev–Trinajstić information content (AvgIpc) is 3.15. The molecule has 0 saturated heterocycles. The molecule has 10 heteroatoms. The summed E-state index contributed by atoms with van der Waals surface area (Å²) in [6, 6.07) is 17.3. The van der Waals surface area contributed by atoms with E-state index in [9.17, 15) is 13.2 Å². The molecule has 0 aliphatic carbocycles. The van der Waals surface area contributed by atoms with E-state index in [0.717, 1.165) is 22.5 Å². The Hall–Kier alpha value is -2.85. The predicted octanol–water partition coefficient (Wildman–Crippen LogP) is 5.04. The molecule has 1 aromatic heterocycles. The molecule has 0 spiro atoms. The zero-order valence-electron chi connectivity index (χ0n) is 19.3. The zero-order chi connectivity index (χ0) is 25.0. The van der Waals surface area contributed by atoms with E-state index in [2.05, 4.69) is 4.72 Å². The molecule has 0 saturated carbocycles. The van der Waals surface area contributed by atoms with Gasteiger partial charge in [-0.25, -0.2) is 13.1 Å². The van der Waals surface area contributed by atoms with Crippen LogP contribution >= 0.6 is 22.9 Å². The van der Waals surface area contributed by atoms with Gasteiger partial charge < -0.3 is 9.47 Å². The topological polar surface area (TPSA) is 86.6 Å². The SMILES string of the molecule is CCOc1ccc(CNS(=O)(=O)c2ccc3c(c2)sc(=O)n3Cc2ccccc2Cl)cc1OCC. The van der Waals surface area contributed by atoms with Gasteiger partial charge in [-0.2, -0.15) is 0 Å². The quantitative estimate of drug-likeness (QED) is 0.309. The van der Waals surface area contributed by atoms with Gasteiger partial charge >= 0.3 is 4.87 Å². The molecular formula is C25H25ClN2O5S2. The standard InChI is InChI=1S/C25H25ClN2O5S2/c1-3-32-22-12-9-17(13-23(22)33-4-2)15-27-35(30,31)19-10-11-21-24(14-19)34-25(29)28(21)16-18-7-5-6-8-20(18)26/h5-14,27H,3-4,15-16H2,1-2H3. The van der Waals surface area contributed by atoms with Gasteiger partial charge in [0.2, 0.25) is 10.0 Å². The fourth-order valence-corrected chi connectivity index (χ4v) is 5.87. The molecule has 0 aliphatic heterocycles. The van der Waals surface area contributed by atoms with Gasteiger partial charge in [-0.15, -0.1) is 0 Å². The molecule has 7 nitrogen and oxygen atoms in total.